The maximum atomic E-state index is 12.0. The van der Waals surface area contributed by atoms with Gasteiger partial charge in [-0.3, -0.25) is 9.59 Å². The van der Waals surface area contributed by atoms with Crippen LogP contribution in [0.2, 0.25) is 0 Å². The van der Waals surface area contributed by atoms with Crippen LogP contribution in [0, 0.1) is 5.92 Å². The number of nitrogens with one attached hydrogen (secondary N) is 1. The molecule has 0 bridgehead atoms. The molecule has 0 aromatic heterocycles. The predicted molar refractivity (Wildman–Crippen MR) is 71.2 cm³/mol. The monoisotopic (exact) mass is 258 g/mol. The van der Waals surface area contributed by atoms with Crippen LogP contribution in [0.25, 0.3) is 0 Å². The zero-order valence-corrected chi connectivity index (χ0v) is 12.0. The summed E-state index contributed by atoms with van der Waals surface area (Å²) in [6, 6.07) is 0. The van der Waals surface area contributed by atoms with Crippen molar-refractivity contribution in [1.29, 1.82) is 0 Å². The molecule has 18 heavy (non-hydrogen) atoms. The Hall–Kier alpha value is -1.10. The number of hydrogen-bond donors (Lipinski definition) is 1. The van der Waals surface area contributed by atoms with Crippen molar-refractivity contribution in [2.75, 3.05) is 33.3 Å². The second-order valence-electron chi connectivity index (χ2n) is 4.68. The number of hydrogen-bond acceptors (Lipinski definition) is 4. The zero-order valence-electron chi connectivity index (χ0n) is 12.0. The van der Waals surface area contributed by atoms with Gasteiger partial charge in [0, 0.05) is 13.0 Å². The van der Waals surface area contributed by atoms with Crippen molar-refractivity contribution in [3.63, 3.8) is 0 Å². The molecule has 0 saturated heterocycles. The summed E-state index contributed by atoms with van der Waals surface area (Å²) in [7, 11) is 1.86. The van der Waals surface area contributed by atoms with Gasteiger partial charge < -0.3 is 15.0 Å². The molecular weight excluding hydrogens is 232 g/mol. The maximum Gasteiger partial charge on any atom is 0.325 e. The fourth-order valence-electron chi connectivity index (χ4n) is 1.63. The van der Waals surface area contributed by atoms with E-state index < -0.39 is 0 Å². The first-order chi connectivity index (χ1) is 8.51. The van der Waals surface area contributed by atoms with E-state index in [-0.39, 0.29) is 18.4 Å². The van der Waals surface area contributed by atoms with E-state index in [0.29, 0.717) is 25.5 Å². The third-order valence-electron chi connectivity index (χ3n) is 2.38. The van der Waals surface area contributed by atoms with Gasteiger partial charge in [0.25, 0.3) is 0 Å². The van der Waals surface area contributed by atoms with Crippen LogP contribution >= 0.6 is 0 Å². The summed E-state index contributed by atoms with van der Waals surface area (Å²) in [5.41, 5.74) is 0. The highest BCUT2D eigenvalue weighted by atomic mass is 16.5. The lowest BCUT2D eigenvalue weighted by Crippen LogP contribution is -2.39. The van der Waals surface area contributed by atoms with E-state index in [1.165, 1.54) is 0 Å². The lowest BCUT2D eigenvalue weighted by Gasteiger charge is -2.23. The fraction of sp³-hybridized carbons (Fsp3) is 0.846. The third kappa shape index (κ3) is 8.06. The minimum absolute atomic E-state index is 0.0204. The molecule has 0 spiro atoms. The van der Waals surface area contributed by atoms with Crippen LogP contribution in [0.4, 0.5) is 0 Å². The number of esters is 1. The van der Waals surface area contributed by atoms with Gasteiger partial charge in [0.2, 0.25) is 5.91 Å². The van der Waals surface area contributed by atoms with E-state index in [1.54, 1.807) is 11.8 Å². The Balaban J connectivity index is 4.28. The Morgan fingerprint density at radius 2 is 2.00 bits per heavy atom. The van der Waals surface area contributed by atoms with Gasteiger partial charge in [0.05, 0.1) is 6.61 Å². The van der Waals surface area contributed by atoms with Gasteiger partial charge in [-0.25, -0.2) is 0 Å². The third-order valence-corrected chi connectivity index (χ3v) is 2.38. The molecule has 0 aromatic carbocycles. The normalized spacial score (nSPS) is 10.5. The van der Waals surface area contributed by atoms with Crippen molar-refractivity contribution in [2.45, 2.75) is 33.6 Å². The Bertz CT molecular complexity index is 255. The van der Waals surface area contributed by atoms with Crippen molar-refractivity contribution < 1.29 is 14.3 Å². The summed E-state index contributed by atoms with van der Waals surface area (Å²) in [5.74, 6) is 0.0276. The summed E-state index contributed by atoms with van der Waals surface area (Å²) in [4.78, 5) is 25.0. The van der Waals surface area contributed by atoms with Crippen molar-refractivity contribution in [2.24, 2.45) is 5.92 Å². The zero-order chi connectivity index (χ0) is 14.0. The first-order valence-corrected chi connectivity index (χ1v) is 6.59. The van der Waals surface area contributed by atoms with Crippen molar-refractivity contribution in [3.8, 4) is 0 Å². The molecule has 0 radical (unpaired) electrons. The summed E-state index contributed by atoms with van der Waals surface area (Å²) >= 11 is 0. The Morgan fingerprint density at radius 1 is 1.33 bits per heavy atom. The molecule has 106 valence electrons. The predicted octanol–water partition coefficient (Wildman–Crippen LogP) is 1.03. The van der Waals surface area contributed by atoms with E-state index in [9.17, 15) is 9.59 Å². The second kappa shape index (κ2) is 9.88. The quantitative estimate of drug-likeness (QED) is 0.496. The molecule has 1 amide bonds. The molecule has 0 unspecified atom stereocenters. The van der Waals surface area contributed by atoms with Gasteiger partial charge in [-0.05, 0) is 32.9 Å². The Morgan fingerprint density at radius 3 is 2.50 bits per heavy atom. The molecule has 0 fully saturated rings. The summed E-state index contributed by atoms with van der Waals surface area (Å²) in [6.45, 7) is 7.63. The summed E-state index contributed by atoms with van der Waals surface area (Å²) < 4.78 is 4.88. The molecule has 0 heterocycles. The van der Waals surface area contributed by atoms with Gasteiger partial charge in [0.1, 0.15) is 6.54 Å². The highest BCUT2D eigenvalue weighted by Gasteiger charge is 2.18. The smallest absolute Gasteiger partial charge is 0.325 e. The van der Waals surface area contributed by atoms with Gasteiger partial charge in [-0.15, -0.1) is 0 Å². The number of carbonyl (C=O) groups excluding carboxylic acids is 2. The first kappa shape index (κ1) is 16.9. The highest BCUT2D eigenvalue weighted by Crippen LogP contribution is 2.03. The first-order valence-electron chi connectivity index (χ1n) is 6.59. The van der Waals surface area contributed by atoms with E-state index in [4.69, 9.17) is 4.74 Å². The number of nitrogens with zero attached hydrogens (tertiary/aromatic N) is 1. The molecule has 0 rings (SSSR count). The SMILES string of the molecule is CCOC(=O)CN(CC(C)C)C(=O)CCCNC. The van der Waals surface area contributed by atoms with Gasteiger partial charge in [-0.1, -0.05) is 13.8 Å². The van der Waals surface area contributed by atoms with Crippen LogP contribution in [0.5, 0.6) is 0 Å². The number of amides is 1. The number of carbonyl (C=O) groups is 2. The van der Waals surface area contributed by atoms with E-state index in [1.807, 2.05) is 20.9 Å². The van der Waals surface area contributed by atoms with Crippen LogP contribution in [-0.2, 0) is 14.3 Å². The van der Waals surface area contributed by atoms with E-state index >= 15 is 0 Å². The molecule has 5 nitrogen and oxygen atoms in total. The van der Waals surface area contributed by atoms with Crippen LogP contribution in [-0.4, -0.2) is 50.1 Å². The minimum Gasteiger partial charge on any atom is -0.465 e. The largest absolute Gasteiger partial charge is 0.465 e. The van der Waals surface area contributed by atoms with Crippen LogP contribution < -0.4 is 5.32 Å². The molecular formula is C13H26N2O3. The molecule has 0 aliphatic rings. The average Bonchev–Trinajstić information content (AvgIpc) is 2.28. The van der Waals surface area contributed by atoms with Crippen molar-refractivity contribution in [1.82, 2.24) is 10.2 Å². The lowest BCUT2D eigenvalue weighted by molar-refractivity contribution is -0.149. The molecule has 5 heteroatoms. The average molecular weight is 258 g/mol. The van der Waals surface area contributed by atoms with Crippen LogP contribution in [0.3, 0.4) is 0 Å². The van der Waals surface area contributed by atoms with Gasteiger partial charge >= 0.3 is 5.97 Å². The fourth-order valence-corrected chi connectivity index (χ4v) is 1.63. The van der Waals surface area contributed by atoms with Crippen LogP contribution in [0.15, 0.2) is 0 Å². The van der Waals surface area contributed by atoms with Crippen molar-refractivity contribution in [3.05, 3.63) is 0 Å². The Kier molecular flexibility index (Phi) is 9.28. The maximum absolute atomic E-state index is 12.0. The number of ether oxygens (including phenoxy) is 1. The summed E-state index contributed by atoms with van der Waals surface area (Å²) in [5, 5.41) is 3.00. The Labute approximate surface area is 110 Å². The lowest BCUT2D eigenvalue weighted by atomic mass is 10.2. The van der Waals surface area contributed by atoms with Crippen molar-refractivity contribution >= 4 is 11.9 Å². The molecule has 0 aliphatic carbocycles. The minimum atomic E-state index is -0.333. The summed E-state index contributed by atoms with van der Waals surface area (Å²) in [6.07, 6.45) is 1.25. The van der Waals surface area contributed by atoms with Gasteiger partial charge in [0.15, 0.2) is 0 Å². The highest BCUT2D eigenvalue weighted by molar-refractivity contribution is 5.82. The van der Waals surface area contributed by atoms with Crippen LogP contribution in [0.1, 0.15) is 33.6 Å². The molecule has 1 N–H and O–H groups in total. The molecule has 0 saturated carbocycles. The van der Waals surface area contributed by atoms with E-state index in [2.05, 4.69) is 5.32 Å². The number of rotatable bonds is 9. The molecule has 0 aromatic rings. The van der Waals surface area contributed by atoms with Gasteiger partial charge in [-0.2, -0.15) is 0 Å². The standard InChI is InChI=1S/C13H26N2O3/c1-5-18-13(17)10-15(9-11(2)3)12(16)7-6-8-14-4/h11,14H,5-10H2,1-4H3. The molecule has 0 aliphatic heterocycles. The molecule has 0 atom stereocenters. The second-order valence-corrected chi connectivity index (χ2v) is 4.68. The van der Waals surface area contributed by atoms with E-state index in [0.717, 1.165) is 13.0 Å². The topological polar surface area (TPSA) is 58.6 Å².